The van der Waals surface area contributed by atoms with Crippen molar-refractivity contribution in [1.82, 2.24) is 10.1 Å². The molecule has 15 heavy (non-hydrogen) atoms. The monoisotopic (exact) mass is 212 g/mol. The van der Waals surface area contributed by atoms with Crippen LogP contribution in [-0.4, -0.2) is 21.4 Å². The third-order valence-electron chi connectivity index (χ3n) is 2.14. The molecule has 4 nitrogen and oxygen atoms in total. The van der Waals surface area contributed by atoms with Gasteiger partial charge in [0.05, 0.1) is 12.5 Å². The summed E-state index contributed by atoms with van der Waals surface area (Å²) in [6, 6.07) is 0. The molecule has 0 saturated carbocycles. The zero-order valence-corrected chi connectivity index (χ0v) is 9.73. The Balaban J connectivity index is 2.42. The first-order valence-electron chi connectivity index (χ1n) is 5.61. The first-order valence-corrected chi connectivity index (χ1v) is 5.61. The van der Waals surface area contributed by atoms with Crippen molar-refractivity contribution < 1.29 is 9.63 Å². The standard InChI is InChI=1S/C11H20N2O2/c1-4-5-10-12-11(15-13-10)7-9(14)6-8(2)3/h8-9,14H,4-7H2,1-3H3. The lowest BCUT2D eigenvalue weighted by Crippen LogP contribution is -2.13. The van der Waals surface area contributed by atoms with Crippen LogP contribution in [0.5, 0.6) is 0 Å². The van der Waals surface area contributed by atoms with Crippen molar-refractivity contribution in [2.75, 3.05) is 0 Å². The van der Waals surface area contributed by atoms with Crippen LogP contribution in [0.1, 0.15) is 45.3 Å². The second-order valence-electron chi connectivity index (χ2n) is 4.34. The van der Waals surface area contributed by atoms with Crippen molar-refractivity contribution in [2.24, 2.45) is 5.92 Å². The number of aryl methyl sites for hydroxylation is 1. The molecule has 1 heterocycles. The van der Waals surface area contributed by atoms with Crippen molar-refractivity contribution in [3.05, 3.63) is 11.7 Å². The fraction of sp³-hybridized carbons (Fsp3) is 0.818. The van der Waals surface area contributed by atoms with Crippen LogP contribution in [-0.2, 0) is 12.8 Å². The molecule has 1 rings (SSSR count). The summed E-state index contributed by atoms with van der Waals surface area (Å²) in [5.74, 6) is 1.77. The number of aliphatic hydroxyl groups excluding tert-OH is 1. The molecule has 4 heteroatoms. The molecule has 0 bridgehead atoms. The minimum absolute atomic E-state index is 0.375. The lowest BCUT2D eigenvalue weighted by molar-refractivity contribution is 0.138. The van der Waals surface area contributed by atoms with Gasteiger partial charge in [0.15, 0.2) is 5.82 Å². The molecule has 1 unspecified atom stereocenters. The Labute approximate surface area is 90.7 Å². The average molecular weight is 212 g/mol. The first-order chi connectivity index (χ1) is 7.11. The Hall–Kier alpha value is -0.900. The van der Waals surface area contributed by atoms with Crippen LogP contribution in [0.3, 0.4) is 0 Å². The van der Waals surface area contributed by atoms with E-state index in [0.717, 1.165) is 25.1 Å². The Morgan fingerprint density at radius 1 is 1.40 bits per heavy atom. The van der Waals surface area contributed by atoms with E-state index in [-0.39, 0.29) is 6.10 Å². The number of nitrogens with zero attached hydrogens (tertiary/aromatic N) is 2. The molecular weight excluding hydrogens is 192 g/mol. The minimum atomic E-state index is -0.375. The Morgan fingerprint density at radius 2 is 2.13 bits per heavy atom. The maximum atomic E-state index is 9.68. The lowest BCUT2D eigenvalue weighted by atomic mass is 10.0. The average Bonchev–Trinajstić information content (AvgIpc) is 2.51. The largest absolute Gasteiger partial charge is 0.393 e. The van der Waals surface area contributed by atoms with Crippen LogP contribution in [0.2, 0.25) is 0 Å². The van der Waals surface area contributed by atoms with Crippen LogP contribution >= 0.6 is 0 Å². The number of hydrogen-bond acceptors (Lipinski definition) is 4. The van der Waals surface area contributed by atoms with Crippen LogP contribution in [0.4, 0.5) is 0 Å². The van der Waals surface area contributed by atoms with Gasteiger partial charge < -0.3 is 9.63 Å². The molecule has 0 fully saturated rings. The molecular formula is C11H20N2O2. The van der Waals surface area contributed by atoms with Crippen LogP contribution in [0.25, 0.3) is 0 Å². The van der Waals surface area contributed by atoms with E-state index in [9.17, 15) is 5.11 Å². The maximum Gasteiger partial charge on any atom is 0.229 e. The Bertz CT molecular complexity index is 284. The second kappa shape index (κ2) is 5.85. The minimum Gasteiger partial charge on any atom is -0.393 e. The highest BCUT2D eigenvalue weighted by Gasteiger charge is 2.13. The molecule has 86 valence electrons. The molecule has 1 aromatic rings. The molecule has 1 atom stereocenters. The Kier molecular flexibility index (Phi) is 4.75. The normalized spacial score (nSPS) is 13.4. The van der Waals surface area contributed by atoms with Crippen LogP contribution in [0.15, 0.2) is 4.52 Å². The van der Waals surface area contributed by atoms with Gasteiger partial charge in [0.25, 0.3) is 0 Å². The molecule has 0 saturated heterocycles. The van der Waals surface area contributed by atoms with Gasteiger partial charge in [-0.1, -0.05) is 25.9 Å². The van der Waals surface area contributed by atoms with E-state index < -0.39 is 0 Å². The van der Waals surface area contributed by atoms with Crippen LogP contribution < -0.4 is 0 Å². The van der Waals surface area contributed by atoms with Gasteiger partial charge in [0.1, 0.15) is 0 Å². The highest BCUT2D eigenvalue weighted by Crippen LogP contribution is 2.10. The van der Waals surface area contributed by atoms with Crippen molar-refractivity contribution in [2.45, 2.75) is 52.6 Å². The SMILES string of the molecule is CCCc1noc(CC(O)CC(C)C)n1. The summed E-state index contributed by atoms with van der Waals surface area (Å²) < 4.78 is 5.05. The summed E-state index contributed by atoms with van der Waals surface area (Å²) in [6.45, 7) is 6.24. The third kappa shape index (κ3) is 4.42. The highest BCUT2D eigenvalue weighted by atomic mass is 16.5. The third-order valence-corrected chi connectivity index (χ3v) is 2.14. The smallest absolute Gasteiger partial charge is 0.229 e. The molecule has 0 spiro atoms. The summed E-state index contributed by atoms with van der Waals surface area (Å²) in [5.41, 5.74) is 0. The van der Waals surface area contributed by atoms with Crippen LogP contribution in [0, 0.1) is 5.92 Å². The molecule has 0 radical (unpaired) electrons. The number of aromatic nitrogens is 2. The second-order valence-corrected chi connectivity index (χ2v) is 4.34. The van der Waals surface area contributed by atoms with E-state index in [1.807, 2.05) is 0 Å². The topological polar surface area (TPSA) is 59.2 Å². The highest BCUT2D eigenvalue weighted by molar-refractivity contribution is 4.88. The van der Waals surface area contributed by atoms with E-state index in [0.29, 0.717) is 18.2 Å². The van der Waals surface area contributed by atoms with Gasteiger partial charge in [0, 0.05) is 6.42 Å². The fourth-order valence-corrected chi connectivity index (χ4v) is 1.53. The van der Waals surface area contributed by atoms with Gasteiger partial charge in [-0.25, -0.2) is 0 Å². The fourth-order valence-electron chi connectivity index (χ4n) is 1.53. The number of aliphatic hydroxyl groups is 1. The number of rotatable bonds is 6. The molecule has 0 amide bonds. The summed E-state index contributed by atoms with van der Waals surface area (Å²) in [5, 5.41) is 13.5. The van der Waals surface area contributed by atoms with Gasteiger partial charge in [-0.2, -0.15) is 4.98 Å². The van der Waals surface area contributed by atoms with E-state index in [1.54, 1.807) is 0 Å². The molecule has 0 aliphatic rings. The first kappa shape index (κ1) is 12.2. The van der Waals surface area contributed by atoms with E-state index in [2.05, 4.69) is 30.9 Å². The van der Waals surface area contributed by atoms with Crippen molar-refractivity contribution in [3.63, 3.8) is 0 Å². The van der Waals surface area contributed by atoms with E-state index in [1.165, 1.54) is 0 Å². The van der Waals surface area contributed by atoms with Crippen molar-refractivity contribution >= 4 is 0 Å². The quantitative estimate of drug-likeness (QED) is 0.783. The summed E-state index contributed by atoms with van der Waals surface area (Å²) in [6.07, 6.45) is 2.71. The summed E-state index contributed by atoms with van der Waals surface area (Å²) in [7, 11) is 0. The van der Waals surface area contributed by atoms with Gasteiger partial charge in [-0.3, -0.25) is 0 Å². The number of hydrogen-bond donors (Lipinski definition) is 1. The zero-order chi connectivity index (χ0) is 11.3. The van der Waals surface area contributed by atoms with Gasteiger partial charge in [-0.15, -0.1) is 0 Å². The summed E-state index contributed by atoms with van der Waals surface area (Å²) in [4.78, 5) is 4.21. The predicted octanol–water partition coefficient (Wildman–Crippen LogP) is 1.97. The molecule has 1 aromatic heterocycles. The summed E-state index contributed by atoms with van der Waals surface area (Å²) >= 11 is 0. The molecule has 0 aliphatic carbocycles. The van der Waals surface area contributed by atoms with Gasteiger partial charge in [-0.05, 0) is 18.8 Å². The Morgan fingerprint density at radius 3 is 2.73 bits per heavy atom. The van der Waals surface area contributed by atoms with E-state index >= 15 is 0 Å². The lowest BCUT2D eigenvalue weighted by Gasteiger charge is -2.09. The maximum absolute atomic E-state index is 9.68. The van der Waals surface area contributed by atoms with Crippen molar-refractivity contribution in [1.29, 1.82) is 0 Å². The predicted molar refractivity (Wildman–Crippen MR) is 57.5 cm³/mol. The molecule has 1 N–H and O–H groups in total. The molecule has 0 aliphatic heterocycles. The van der Waals surface area contributed by atoms with Gasteiger partial charge >= 0.3 is 0 Å². The molecule has 0 aromatic carbocycles. The van der Waals surface area contributed by atoms with E-state index in [4.69, 9.17) is 4.52 Å². The zero-order valence-electron chi connectivity index (χ0n) is 9.73. The van der Waals surface area contributed by atoms with Crippen molar-refractivity contribution in [3.8, 4) is 0 Å². The van der Waals surface area contributed by atoms with Gasteiger partial charge in [0.2, 0.25) is 5.89 Å².